The number of halogens is 1. The smallest absolute Gasteiger partial charge is 0.222 e. The summed E-state index contributed by atoms with van der Waals surface area (Å²) >= 11 is 6.02. The summed E-state index contributed by atoms with van der Waals surface area (Å²) in [6.07, 6.45) is 0.928. The Kier molecular flexibility index (Phi) is 2.70. The lowest BCUT2D eigenvalue weighted by Gasteiger charge is -2.16. The van der Waals surface area contributed by atoms with E-state index in [1.807, 2.05) is 12.1 Å². The van der Waals surface area contributed by atoms with Crippen molar-refractivity contribution in [1.82, 2.24) is 9.97 Å². The first-order valence-electron chi connectivity index (χ1n) is 6.77. The normalized spacial score (nSPS) is 19.0. The first-order chi connectivity index (χ1) is 10.1. The van der Waals surface area contributed by atoms with Crippen LogP contribution in [0.25, 0.3) is 22.1 Å². The van der Waals surface area contributed by atoms with Crippen LogP contribution < -0.4 is 16.4 Å². The van der Waals surface area contributed by atoms with Gasteiger partial charge in [-0.25, -0.2) is 4.98 Å². The van der Waals surface area contributed by atoms with Crippen molar-refractivity contribution in [3.8, 4) is 0 Å². The van der Waals surface area contributed by atoms with Crippen molar-refractivity contribution >= 4 is 45.4 Å². The van der Waals surface area contributed by atoms with E-state index < -0.39 is 0 Å². The summed E-state index contributed by atoms with van der Waals surface area (Å²) in [6.45, 7) is 1.58. The summed E-state index contributed by atoms with van der Waals surface area (Å²) < 4.78 is 5.92. The van der Waals surface area contributed by atoms with Gasteiger partial charge < -0.3 is 20.8 Å². The molecule has 21 heavy (non-hydrogen) atoms. The van der Waals surface area contributed by atoms with Crippen LogP contribution in [0.4, 0.5) is 11.8 Å². The van der Waals surface area contributed by atoms with Gasteiger partial charge in [-0.05, 0) is 18.6 Å². The molecule has 0 saturated carbocycles. The SMILES string of the molecule is Nc1nc(N2CCC(N)C2)c2oc3cc(Cl)ccc3c2n1. The fraction of sp³-hybridized carbons (Fsp3) is 0.286. The molecule has 0 aliphatic carbocycles. The Morgan fingerprint density at radius 1 is 1.33 bits per heavy atom. The molecule has 1 atom stereocenters. The Labute approximate surface area is 125 Å². The highest BCUT2D eigenvalue weighted by molar-refractivity contribution is 6.31. The van der Waals surface area contributed by atoms with Gasteiger partial charge in [0.25, 0.3) is 0 Å². The van der Waals surface area contributed by atoms with Gasteiger partial charge in [0, 0.05) is 35.6 Å². The molecule has 3 heterocycles. The molecule has 4 N–H and O–H groups in total. The Hall–Kier alpha value is -2.05. The topological polar surface area (TPSA) is 94.2 Å². The van der Waals surface area contributed by atoms with Crippen LogP contribution in [0.3, 0.4) is 0 Å². The molecule has 1 aliphatic rings. The van der Waals surface area contributed by atoms with E-state index in [0.717, 1.165) is 24.9 Å². The molecule has 1 aliphatic heterocycles. The molecule has 0 bridgehead atoms. The average Bonchev–Trinajstić information content (AvgIpc) is 3.01. The molecule has 4 rings (SSSR count). The lowest BCUT2D eigenvalue weighted by molar-refractivity contribution is 0.663. The number of furan rings is 1. The second-order valence-electron chi connectivity index (χ2n) is 5.32. The first kappa shape index (κ1) is 12.7. The zero-order valence-electron chi connectivity index (χ0n) is 11.2. The first-order valence-corrected chi connectivity index (χ1v) is 7.15. The average molecular weight is 304 g/mol. The van der Waals surface area contributed by atoms with Crippen LogP contribution in [0.15, 0.2) is 22.6 Å². The van der Waals surface area contributed by atoms with Crippen molar-refractivity contribution < 1.29 is 4.42 Å². The van der Waals surface area contributed by atoms with Gasteiger partial charge in [0.15, 0.2) is 11.4 Å². The Balaban J connectivity index is 2.00. The molecular formula is C14H14ClN5O. The maximum Gasteiger partial charge on any atom is 0.222 e. The van der Waals surface area contributed by atoms with E-state index in [0.29, 0.717) is 27.5 Å². The highest BCUT2D eigenvalue weighted by Crippen LogP contribution is 2.35. The summed E-state index contributed by atoms with van der Waals surface area (Å²) in [5.41, 5.74) is 13.9. The Morgan fingerprint density at radius 3 is 2.95 bits per heavy atom. The van der Waals surface area contributed by atoms with Gasteiger partial charge in [-0.15, -0.1) is 0 Å². The number of hydrogen-bond acceptors (Lipinski definition) is 6. The van der Waals surface area contributed by atoms with Gasteiger partial charge >= 0.3 is 0 Å². The van der Waals surface area contributed by atoms with E-state index in [9.17, 15) is 0 Å². The monoisotopic (exact) mass is 303 g/mol. The van der Waals surface area contributed by atoms with Crippen molar-refractivity contribution in [2.45, 2.75) is 12.5 Å². The highest BCUT2D eigenvalue weighted by Gasteiger charge is 2.25. The summed E-state index contributed by atoms with van der Waals surface area (Å²) in [5, 5.41) is 1.50. The largest absolute Gasteiger partial charge is 0.450 e. The van der Waals surface area contributed by atoms with Crippen molar-refractivity contribution in [3.05, 3.63) is 23.2 Å². The predicted octanol–water partition coefficient (Wildman–Crippen LogP) is 2.15. The third kappa shape index (κ3) is 1.99. The molecule has 1 saturated heterocycles. The number of fused-ring (bicyclic) bond motifs is 3. The number of benzene rings is 1. The predicted molar refractivity (Wildman–Crippen MR) is 83.5 cm³/mol. The Bertz CT molecular complexity index is 846. The minimum Gasteiger partial charge on any atom is -0.450 e. The molecule has 0 amide bonds. The van der Waals surface area contributed by atoms with Crippen LogP contribution in [0.5, 0.6) is 0 Å². The maximum atomic E-state index is 6.02. The van der Waals surface area contributed by atoms with Crippen LogP contribution in [0, 0.1) is 0 Å². The summed E-state index contributed by atoms with van der Waals surface area (Å²) in [5.74, 6) is 0.938. The highest BCUT2D eigenvalue weighted by atomic mass is 35.5. The third-order valence-electron chi connectivity index (χ3n) is 3.80. The van der Waals surface area contributed by atoms with Crippen LogP contribution in [0.1, 0.15) is 6.42 Å². The minimum absolute atomic E-state index is 0.148. The minimum atomic E-state index is 0.148. The van der Waals surface area contributed by atoms with Gasteiger partial charge in [0.2, 0.25) is 5.95 Å². The molecule has 0 spiro atoms. The standard InChI is InChI=1S/C14H14ClN5O/c15-7-1-2-9-10(5-7)21-12-11(9)18-14(17)19-13(12)20-4-3-8(16)6-20/h1-2,5,8H,3-4,6,16H2,(H2,17,18,19). The number of rotatable bonds is 1. The summed E-state index contributed by atoms with van der Waals surface area (Å²) in [4.78, 5) is 10.8. The zero-order chi connectivity index (χ0) is 14.6. The number of anilines is 2. The molecule has 3 aromatic rings. The van der Waals surface area contributed by atoms with Crippen molar-refractivity contribution in [2.75, 3.05) is 23.7 Å². The number of nitrogens with zero attached hydrogens (tertiary/aromatic N) is 3. The zero-order valence-corrected chi connectivity index (χ0v) is 12.0. The van der Waals surface area contributed by atoms with Crippen LogP contribution in [-0.4, -0.2) is 29.1 Å². The number of hydrogen-bond donors (Lipinski definition) is 2. The quantitative estimate of drug-likeness (QED) is 0.715. The molecular weight excluding hydrogens is 290 g/mol. The molecule has 1 aromatic carbocycles. The number of nitrogens with two attached hydrogens (primary N) is 2. The van der Waals surface area contributed by atoms with Crippen LogP contribution in [0.2, 0.25) is 5.02 Å². The molecule has 6 nitrogen and oxygen atoms in total. The maximum absolute atomic E-state index is 6.02. The van der Waals surface area contributed by atoms with E-state index >= 15 is 0 Å². The molecule has 0 radical (unpaired) electrons. The van der Waals surface area contributed by atoms with Crippen molar-refractivity contribution in [1.29, 1.82) is 0 Å². The lowest BCUT2D eigenvalue weighted by Crippen LogP contribution is -2.27. The van der Waals surface area contributed by atoms with Gasteiger partial charge in [0.1, 0.15) is 11.1 Å². The van der Waals surface area contributed by atoms with Crippen molar-refractivity contribution in [3.63, 3.8) is 0 Å². The second kappa shape index (κ2) is 4.47. The van der Waals surface area contributed by atoms with E-state index in [2.05, 4.69) is 14.9 Å². The summed E-state index contributed by atoms with van der Waals surface area (Å²) in [7, 11) is 0. The number of aromatic nitrogens is 2. The van der Waals surface area contributed by atoms with E-state index in [1.165, 1.54) is 0 Å². The molecule has 2 aromatic heterocycles. The molecule has 1 fully saturated rings. The fourth-order valence-electron chi connectivity index (χ4n) is 2.81. The lowest BCUT2D eigenvalue weighted by atomic mass is 10.2. The van der Waals surface area contributed by atoms with Gasteiger partial charge in [-0.1, -0.05) is 11.6 Å². The fourth-order valence-corrected chi connectivity index (χ4v) is 2.97. The molecule has 108 valence electrons. The second-order valence-corrected chi connectivity index (χ2v) is 5.76. The van der Waals surface area contributed by atoms with Gasteiger partial charge in [-0.3, -0.25) is 0 Å². The summed E-state index contributed by atoms with van der Waals surface area (Å²) in [6, 6.07) is 5.61. The van der Waals surface area contributed by atoms with Gasteiger partial charge in [-0.2, -0.15) is 4.98 Å². The van der Waals surface area contributed by atoms with Crippen LogP contribution in [-0.2, 0) is 0 Å². The van der Waals surface area contributed by atoms with E-state index in [-0.39, 0.29) is 12.0 Å². The Morgan fingerprint density at radius 2 is 2.19 bits per heavy atom. The van der Waals surface area contributed by atoms with Crippen molar-refractivity contribution in [2.24, 2.45) is 5.73 Å². The third-order valence-corrected chi connectivity index (χ3v) is 4.04. The molecule has 1 unspecified atom stereocenters. The van der Waals surface area contributed by atoms with E-state index in [1.54, 1.807) is 6.07 Å². The molecule has 7 heteroatoms. The number of nitrogen functional groups attached to an aromatic ring is 1. The van der Waals surface area contributed by atoms with E-state index in [4.69, 9.17) is 27.5 Å². The van der Waals surface area contributed by atoms with Crippen LogP contribution >= 0.6 is 11.6 Å². The van der Waals surface area contributed by atoms with Gasteiger partial charge in [0.05, 0.1) is 0 Å².